The number of nitrogens with one attached hydrogen (secondary N) is 1. The van der Waals surface area contributed by atoms with Crippen LogP contribution >= 0.6 is 11.6 Å². The van der Waals surface area contributed by atoms with Crippen LogP contribution in [0, 0.1) is 12.8 Å². The average molecular weight is 598 g/mol. The first kappa shape index (κ1) is 32.2. The van der Waals surface area contributed by atoms with E-state index in [2.05, 4.69) is 5.32 Å². The first-order valence-corrected chi connectivity index (χ1v) is 16.1. The molecule has 0 aromatic heterocycles. The van der Waals surface area contributed by atoms with Gasteiger partial charge in [0.05, 0.1) is 11.9 Å². The quantitative estimate of drug-likeness (QED) is 0.262. The van der Waals surface area contributed by atoms with Crippen molar-refractivity contribution in [2.24, 2.45) is 5.92 Å². The summed E-state index contributed by atoms with van der Waals surface area (Å²) in [6.07, 6.45) is 1.89. The van der Waals surface area contributed by atoms with Crippen LogP contribution in [-0.2, 0) is 32.6 Å². The summed E-state index contributed by atoms with van der Waals surface area (Å²) in [6, 6.07) is 23.4. The van der Waals surface area contributed by atoms with Crippen LogP contribution in [0.1, 0.15) is 43.4 Å². The Morgan fingerprint density at radius 1 is 0.927 bits per heavy atom. The minimum atomic E-state index is -3.56. The van der Waals surface area contributed by atoms with E-state index in [1.807, 2.05) is 81.4 Å². The molecule has 1 atom stereocenters. The van der Waals surface area contributed by atoms with Gasteiger partial charge in [-0.25, -0.2) is 8.42 Å². The molecule has 9 heteroatoms. The van der Waals surface area contributed by atoms with Crippen molar-refractivity contribution in [2.75, 3.05) is 23.7 Å². The number of carbonyl (C=O) groups excluding carboxylic acids is 2. The lowest BCUT2D eigenvalue weighted by atomic mass is 10.0. The van der Waals surface area contributed by atoms with Crippen molar-refractivity contribution >= 4 is 39.1 Å². The second-order valence-electron chi connectivity index (χ2n) is 10.8. The van der Waals surface area contributed by atoms with Crippen LogP contribution in [0.2, 0.25) is 5.02 Å². The topological polar surface area (TPSA) is 86.8 Å². The molecule has 220 valence electrons. The number of hydrogen-bond acceptors (Lipinski definition) is 4. The molecule has 0 aliphatic carbocycles. The highest BCUT2D eigenvalue weighted by atomic mass is 35.5. The third-order valence-electron chi connectivity index (χ3n) is 6.66. The zero-order chi connectivity index (χ0) is 30.0. The van der Waals surface area contributed by atoms with Crippen molar-refractivity contribution in [3.8, 4) is 0 Å². The number of rotatable bonds is 14. The van der Waals surface area contributed by atoms with Crippen LogP contribution in [0.15, 0.2) is 78.9 Å². The van der Waals surface area contributed by atoms with E-state index in [1.165, 1.54) is 10.6 Å². The zero-order valence-electron chi connectivity index (χ0n) is 24.2. The van der Waals surface area contributed by atoms with Crippen LogP contribution in [0.3, 0.4) is 0 Å². The van der Waals surface area contributed by atoms with E-state index in [9.17, 15) is 18.0 Å². The largest absolute Gasteiger partial charge is 0.354 e. The monoisotopic (exact) mass is 597 g/mol. The fourth-order valence-electron chi connectivity index (χ4n) is 4.55. The van der Waals surface area contributed by atoms with Crippen LogP contribution in [0.25, 0.3) is 0 Å². The fourth-order valence-corrected chi connectivity index (χ4v) is 5.63. The Labute approximate surface area is 249 Å². The smallest absolute Gasteiger partial charge is 0.243 e. The maximum Gasteiger partial charge on any atom is 0.243 e. The Morgan fingerprint density at radius 2 is 1.61 bits per heavy atom. The molecular weight excluding hydrogens is 558 g/mol. The zero-order valence-corrected chi connectivity index (χ0v) is 25.8. The van der Waals surface area contributed by atoms with E-state index in [4.69, 9.17) is 11.6 Å². The molecule has 3 aromatic rings. The molecule has 0 spiro atoms. The number of nitrogens with zero attached hydrogens (tertiary/aromatic N) is 2. The van der Waals surface area contributed by atoms with Gasteiger partial charge < -0.3 is 10.2 Å². The molecule has 3 rings (SSSR count). The Hall–Kier alpha value is -3.36. The molecule has 0 aliphatic heterocycles. The number of sulfonamides is 1. The van der Waals surface area contributed by atoms with Crippen molar-refractivity contribution in [3.63, 3.8) is 0 Å². The van der Waals surface area contributed by atoms with Gasteiger partial charge in [0.15, 0.2) is 0 Å². The number of hydrogen-bond donors (Lipinski definition) is 1. The number of benzene rings is 3. The third kappa shape index (κ3) is 10.2. The molecule has 0 saturated carbocycles. The van der Waals surface area contributed by atoms with Crippen molar-refractivity contribution in [1.82, 2.24) is 10.2 Å². The highest BCUT2D eigenvalue weighted by Gasteiger charge is 2.30. The van der Waals surface area contributed by atoms with E-state index in [-0.39, 0.29) is 37.2 Å². The highest BCUT2D eigenvalue weighted by molar-refractivity contribution is 7.92. The number of aryl methyl sites for hydroxylation is 1. The van der Waals surface area contributed by atoms with Crippen LogP contribution < -0.4 is 9.62 Å². The van der Waals surface area contributed by atoms with Crippen molar-refractivity contribution < 1.29 is 18.0 Å². The van der Waals surface area contributed by atoms with Gasteiger partial charge in [-0.3, -0.25) is 13.9 Å². The van der Waals surface area contributed by atoms with Gasteiger partial charge in [-0.2, -0.15) is 0 Å². The van der Waals surface area contributed by atoms with Gasteiger partial charge in [0.1, 0.15) is 6.04 Å². The molecular formula is C32H40ClN3O4S. The molecule has 1 unspecified atom stereocenters. The van der Waals surface area contributed by atoms with Crippen molar-refractivity contribution in [3.05, 3.63) is 101 Å². The summed E-state index contributed by atoms with van der Waals surface area (Å²) < 4.78 is 26.6. The van der Waals surface area contributed by atoms with Gasteiger partial charge >= 0.3 is 0 Å². The first-order chi connectivity index (χ1) is 19.4. The number of anilines is 1. The van der Waals surface area contributed by atoms with Crippen LogP contribution in [0.5, 0.6) is 0 Å². The van der Waals surface area contributed by atoms with Gasteiger partial charge in [0.25, 0.3) is 0 Å². The van der Waals surface area contributed by atoms with Crippen LogP contribution in [-0.4, -0.2) is 50.5 Å². The van der Waals surface area contributed by atoms with E-state index >= 15 is 0 Å². The number of amides is 2. The molecule has 1 N–H and O–H groups in total. The Morgan fingerprint density at radius 3 is 2.22 bits per heavy atom. The van der Waals surface area contributed by atoms with Gasteiger partial charge in [0.2, 0.25) is 21.8 Å². The molecule has 0 heterocycles. The maximum atomic E-state index is 13.9. The summed E-state index contributed by atoms with van der Waals surface area (Å²) in [5.41, 5.74) is 3.29. The molecule has 3 aromatic carbocycles. The predicted octanol–water partition coefficient (Wildman–Crippen LogP) is 5.61. The molecule has 0 aliphatic rings. The SMILES string of the molecule is Cc1cccc(N(CCCC(=O)N(Cc2ccc(Cl)cc2)C(Cc2ccccc2)C(=O)NCC(C)C)S(C)(=O)=O)c1. The molecule has 41 heavy (non-hydrogen) atoms. The van der Waals surface area contributed by atoms with E-state index < -0.39 is 16.1 Å². The highest BCUT2D eigenvalue weighted by Crippen LogP contribution is 2.21. The summed E-state index contributed by atoms with van der Waals surface area (Å²) in [5, 5.41) is 3.59. The molecule has 0 fully saturated rings. The van der Waals surface area contributed by atoms with Crippen LogP contribution in [0.4, 0.5) is 5.69 Å². The molecule has 7 nitrogen and oxygen atoms in total. The summed E-state index contributed by atoms with van der Waals surface area (Å²) in [4.78, 5) is 29.0. The Kier molecular flexibility index (Phi) is 11.8. The van der Waals surface area contributed by atoms with E-state index in [0.717, 1.165) is 16.7 Å². The Balaban J connectivity index is 1.87. The molecule has 0 radical (unpaired) electrons. The molecule has 2 amide bonds. The van der Waals surface area contributed by atoms with Crippen molar-refractivity contribution in [2.45, 2.75) is 52.6 Å². The standard InChI is InChI=1S/C32H40ClN3O4S/c1-24(2)22-34-32(38)30(21-26-11-6-5-7-12-26)35(23-27-15-17-28(33)18-16-27)31(37)14-9-19-36(41(4,39)40)29-13-8-10-25(3)20-29/h5-8,10-13,15-18,20,24,30H,9,14,19,21-23H2,1-4H3,(H,34,38). The second kappa shape index (κ2) is 15.0. The predicted molar refractivity (Wildman–Crippen MR) is 166 cm³/mol. The van der Waals surface area contributed by atoms with Gasteiger partial charge in [0, 0.05) is 37.5 Å². The lowest BCUT2D eigenvalue weighted by Gasteiger charge is -2.32. The summed E-state index contributed by atoms with van der Waals surface area (Å²) in [6.45, 7) is 6.80. The normalized spacial score (nSPS) is 12.1. The van der Waals surface area contributed by atoms with Crippen molar-refractivity contribution in [1.29, 1.82) is 0 Å². The van der Waals surface area contributed by atoms with E-state index in [0.29, 0.717) is 30.1 Å². The molecule has 0 saturated heterocycles. The van der Waals surface area contributed by atoms with Gasteiger partial charge in [-0.15, -0.1) is 0 Å². The summed E-state index contributed by atoms with van der Waals surface area (Å²) in [5.74, 6) is -0.194. The second-order valence-corrected chi connectivity index (χ2v) is 13.1. The molecule has 0 bridgehead atoms. The van der Waals surface area contributed by atoms with Gasteiger partial charge in [-0.05, 0) is 60.2 Å². The fraction of sp³-hybridized carbons (Fsp3) is 0.375. The number of halogens is 1. The summed E-state index contributed by atoms with van der Waals surface area (Å²) >= 11 is 6.10. The average Bonchev–Trinajstić information content (AvgIpc) is 2.92. The lowest BCUT2D eigenvalue weighted by molar-refractivity contribution is -0.141. The minimum absolute atomic E-state index is 0.0776. The summed E-state index contributed by atoms with van der Waals surface area (Å²) in [7, 11) is -3.56. The van der Waals surface area contributed by atoms with Gasteiger partial charge in [-0.1, -0.05) is 80.0 Å². The maximum absolute atomic E-state index is 13.9. The Bertz CT molecular complexity index is 1400. The van der Waals surface area contributed by atoms with E-state index in [1.54, 1.807) is 23.1 Å². The lowest BCUT2D eigenvalue weighted by Crippen LogP contribution is -2.51. The number of carbonyl (C=O) groups is 2. The third-order valence-corrected chi connectivity index (χ3v) is 8.11. The minimum Gasteiger partial charge on any atom is -0.354 e. The first-order valence-electron chi connectivity index (χ1n) is 13.8.